The molecule has 2 heterocycles. The van der Waals surface area contributed by atoms with Crippen LogP contribution < -0.4 is 5.73 Å². The standard InChI is InChI=1S/C11H18N4/c1-3-15-5-4-9-10(6-8(15)2)13-7-11(12)14-9/h7-8H,3-6H2,1-2H3,(H2,12,14)/t8-/m0/s1. The van der Waals surface area contributed by atoms with Crippen molar-refractivity contribution in [3.05, 3.63) is 17.6 Å². The molecule has 0 aliphatic carbocycles. The smallest absolute Gasteiger partial charge is 0.142 e. The van der Waals surface area contributed by atoms with E-state index in [2.05, 4.69) is 28.7 Å². The van der Waals surface area contributed by atoms with Gasteiger partial charge in [-0.25, -0.2) is 4.98 Å². The maximum Gasteiger partial charge on any atom is 0.142 e. The summed E-state index contributed by atoms with van der Waals surface area (Å²) in [4.78, 5) is 11.2. The third-order valence-electron chi connectivity index (χ3n) is 3.10. The summed E-state index contributed by atoms with van der Waals surface area (Å²) >= 11 is 0. The highest BCUT2D eigenvalue weighted by atomic mass is 15.1. The van der Waals surface area contributed by atoms with Crippen molar-refractivity contribution < 1.29 is 0 Å². The molecule has 1 aromatic rings. The summed E-state index contributed by atoms with van der Waals surface area (Å²) in [6, 6.07) is 0.550. The van der Waals surface area contributed by atoms with Gasteiger partial charge in [0.2, 0.25) is 0 Å². The molecule has 0 spiro atoms. The zero-order valence-electron chi connectivity index (χ0n) is 9.40. The minimum absolute atomic E-state index is 0.534. The fourth-order valence-electron chi connectivity index (χ4n) is 2.19. The van der Waals surface area contributed by atoms with E-state index in [1.54, 1.807) is 6.20 Å². The second-order valence-corrected chi connectivity index (χ2v) is 4.12. The Morgan fingerprint density at radius 2 is 2.33 bits per heavy atom. The van der Waals surface area contributed by atoms with Gasteiger partial charge in [-0.05, 0) is 13.5 Å². The molecule has 4 heteroatoms. The van der Waals surface area contributed by atoms with Gasteiger partial charge in [-0.3, -0.25) is 4.98 Å². The fraction of sp³-hybridized carbons (Fsp3) is 0.636. The Labute approximate surface area is 90.5 Å². The summed E-state index contributed by atoms with van der Waals surface area (Å²) in [7, 11) is 0. The van der Waals surface area contributed by atoms with Gasteiger partial charge in [0.1, 0.15) is 5.82 Å². The van der Waals surface area contributed by atoms with Gasteiger partial charge < -0.3 is 10.6 Å². The Morgan fingerprint density at radius 1 is 1.53 bits per heavy atom. The van der Waals surface area contributed by atoms with E-state index < -0.39 is 0 Å². The van der Waals surface area contributed by atoms with Crippen LogP contribution in [0.4, 0.5) is 5.82 Å². The highest BCUT2D eigenvalue weighted by molar-refractivity contribution is 5.28. The molecule has 1 atom stereocenters. The number of likely N-dealkylation sites (N-methyl/N-ethyl adjacent to an activating group) is 1. The lowest BCUT2D eigenvalue weighted by atomic mass is 10.1. The van der Waals surface area contributed by atoms with Crippen LogP contribution in [0.5, 0.6) is 0 Å². The summed E-state index contributed by atoms with van der Waals surface area (Å²) in [5, 5.41) is 0. The quantitative estimate of drug-likeness (QED) is 0.740. The van der Waals surface area contributed by atoms with Crippen LogP contribution in [0.2, 0.25) is 0 Å². The van der Waals surface area contributed by atoms with Crippen LogP contribution in [0.3, 0.4) is 0 Å². The number of hydrogen-bond donors (Lipinski definition) is 1. The molecule has 1 aliphatic rings. The molecule has 82 valence electrons. The lowest BCUT2D eigenvalue weighted by molar-refractivity contribution is 0.227. The van der Waals surface area contributed by atoms with Crippen molar-refractivity contribution >= 4 is 5.82 Å². The lowest BCUT2D eigenvalue weighted by Gasteiger charge is -2.24. The normalized spacial score (nSPS) is 22.1. The van der Waals surface area contributed by atoms with Crippen molar-refractivity contribution in [2.45, 2.75) is 32.7 Å². The second kappa shape index (κ2) is 4.14. The van der Waals surface area contributed by atoms with Crippen LogP contribution in [0.1, 0.15) is 25.2 Å². The first-order valence-corrected chi connectivity index (χ1v) is 5.55. The highest BCUT2D eigenvalue weighted by Gasteiger charge is 2.20. The molecule has 2 N–H and O–H groups in total. The average molecular weight is 206 g/mol. The molecule has 0 radical (unpaired) electrons. The topological polar surface area (TPSA) is 55.0 Å². The fourth-order valence-corrected chi connectivity index (χ4v) is 2.19. The monoisotopic (exact) mass is 206 g/mol. The number of fused-ring (bicyclic) bond motifs is 1. The molecular formula is C11H18N4. The van der Waals surface area contributed by atoms with Gasteiger partial charge in [0.05, 0.1) is 17.6 Å². The zero-order chi connectivity index (χ0) is 10.8. The molecule has 0 amide bonds. The van der Waals surface area contributed by atoms with E-state index >= 15 is 0 Å². The molecule has 0 fully saturated rings. The van der Waals surface area contributed by atoms with Gasteiger partial charge in [-0.1, -0.05) is 6.92 Å². The Kier molecular flexibility index (Phi) is 2.86. The Morgan fingerprint density at radius 3 is 3.07 bits per heavy atom. The lowest BCUT2D eigenvalue weighted by Crippen LogP contribution is -2.34. The summed E-state index contributed by atoms with van der Waals surface area (Å²) in [5.74, 6) is 0.534. The number of aromatic nitrogens is 2. The van der Waals surface area contributed by atoms with E-state index in [0.29, 0.717) is 11.9 Å². The first kappa shape index (κ1) is 10.4. The van der Waals surface area contributed by atoms with Gasteiger partial charge in [0.15, 0.2) is 0 Å². The maximum atomic E-state index is 5.65. The number of anilines is 1. The first-order chi connectivity index (χ1) is 7.20. The minimum atomic E-state index is 0.534. The van der Waals surface area contributed by atoms with Gasteiger partial charge in [0, 0.05) is 25.4 Å². The van der Waals surface area contributed by atoms with Crippen molar-refractivity contribution in [3.8, 4) is 0 Å². The molecule has 15 heavy (non-hydrogen) atoms. The average Bonchev–Trinajstić information content (AvgIpc) is 2.36. The van der Waals surface area contributed by atoms with Gasteiger partial charge in [0.25, 0.3) is 0 Å². The van der Waals surface area contributed by atoms with Crippen molar-refractivity contribution in [1.82, 2.24) is 14.9 Å². The third kappa shape index (κ3) is 2.09. The van der Waals surface area contributed by atoms with E-state index in [4.69, 9.17) is 5.73 Å². The first-order valence-electron chi connectivity index (χ1n) is 5.55. The van der Waals surface area contributed by atoms with Gasteiger partial charge in [-0.2, -0.15) is 0 Å². The van der Waals surface area contributed by atoms with Crippen LogP contribution in [-0.2, 0) is 12.8 Å². The van der Waals surface area contributed by atoms with Gasteiger partial charge >= 0.3 is 0 Å². The predicted molar refractivity (Wildman–Crippen MR) is 60.6 cm³/mol. The van der Waals surface area contributed by atoms with Crippen LogP contribution in [0.25, 0.3) is 0 Å². The second-order valence-electron chi connectivity index (χ2n) is 4.12. The van der Waals surface area contributed by atoms with E-state index in [0.717, 1.165) is 37.3 Å². The van der Waals surface area contributed by atoms with E-state index in [1.165, 1.54) is 0 Å². The number of nitrogens with zero attached hydrogens (tertiary/aromatic N) is 3. The van der Waals surface area contributed by atoms with Gasteiger partial charge in [-0.15, -0.1) is 0 Å². The Hall–Kier alpha value is -1.16. The SMILES string of the molecule is CCN1CCc2nc(N)cnc2C[C@@H]1C. The highest BCUT2D eigenvalue weighted by Crippen LogP contribution is 2.16. The number of rotatable bonds is 1. The largest absolute Gasteiger partial charge is 0.382 e. The molecule has 0 saturated carbocycles. The minimum Gasteiger partial charge on any atom is -0.382 e. The molecule has 1 aromatic heterocycles. The summed E-state index contributed by atoms with van der Waals surface area (Å²) < 4.78 is 0. The molecule has 4 nitrogen and oxygen atoms in total. The maximum absolute atomic E-state index is 5.65. The molecule has 0 aromatic carbocycles. The number of nitrogens with two attached hydrogens (primary N) is 1. The number of hydrogen-bond acceptors (Lipinski definition) is 4. The van der Waals surface area contributed by atoms with Crippen molar-refractivity contribution in [2.24, 2.45) is 0 Å². The Balaban J connectivity index is 2.27. The summed E-state index contributed by atoms with van der Waals surface area (Å²) in [5.41, 5.74) is 7.85. The van der Waals surface area contributed by atoms with Crippen molar-refractivity contribution in [2.75, 3.05) is 18.8 Å². The van der Waals surface area contributed by atoms with E-state index in [9.17, 15) is 0 Å². The van der Waals surface area contributed by atoms with E-state index in [1.807, 2.05) is 0 Å². The third-order valence-corrected chi connectivity index (χ3v) is 3.10. The number of nitrogen functional groups attached to an aromatic ring is 1. The molecule has 2 rings (SSSR count). The van der Waals surface area contributed by atoms with Crippen LogP contribution >= 0.6 is 0 Å². The van der Waals surface area contributed by atoms with Crippen LogP contribution in [0, 0.1) is 0 Å². The zero-order valence-corrected chi connectivity index (χ0v) is 9.40. The predicted octanol–water partition coefficient (Wildman–Crippen LogP) is 0.868. The molecule has 1 aliphatic heterocycles. The van der Waals surface area contributed by atoms with Crippen molar-refractivity contribution in [3.63, 3.8) is 0 Å². The van der Waals surface area contributed by atoms with E-state index in [-0.39, 0.29) is 0 Å². The molecule has 0 unspecified atom stereocenters. The Bertz CT molecular complexity index is 350. The molecule has 0 bridgehead atoms. The van der Waals surface area contributed by atoms with Crippen molar-refractivity contribution in [1.29, 1.82) is 0 Å². The molecular weight excluding hydrogens is 188 g/mol. The summed E-state index contributed by atoms with van der Waals surface area (Å²) in [6.07, 6.45) is 3.61. The van der Waals surface area contributed by atoms with Crippen LogP contribution in [0.15, 0.2) is 6.20 Å². The van der Waals surface area contributed by atoms with Crippen LogP contribution in [-0.4, -0.2) is 34.0 Å². The summed E-state index contributed by atoms with van der Waals surface area (Å²) in [6.45, 7) is 6.59. The molecule has 0 saturated heterocycles.